The van der Waals surface area contributed by atoms with E-state index in [2.05, 4.69) is 4.98 Å². The fourth-order valence-electron chi connectivity index (χ4n) is 2.85. The van der Waals surface area contributed by atoms with E-state index < -0.39 is 5.97 Å². The number of nitrogens with two attached hydrogens (primary N) is 1. The third-order valence-corrected chi connectivity index (χ3v) is 4.08. The van der Waals surface area contributed by atoms with Gasteiger partial charge in [-0.15, -0.1) is 0 Å². The summed E-state index contributed by atoms with van der Waals surface area (Å²) in [5.41, 5.74) is 8.28. The van der Waals surface area contributed by atoms with Crippen molar-refractivity contribution in [2.24, 2.45) is 0 Å². The molecule has 3 aromatic rings. The van der Waals surface area contributed by atoms with Crippen molar-refractivity contribution in [1.29, 1.82) is 0 Å². The third-order valence-electron chi connectivity index (χ3n) is 4.08. The van der Waals surface area contributed by atoms with Crippen molar-refractivity contribution < 1.29 is 14.3 Å². The van der Waals surface area contributed by atoms with Gasteiger partial charge in [0.2, 0.25) is 0 Å². The highest BCUT2D eigenvalue weighted by Gasteiger charge is 2.21. The van der Waals surface area contributed by atoms with Crippen molar-refractivity contribution in [3.63, 3.8) is 0 Å². The zero-order valence-corrected chi connectivity index (χ0v) is 14.3. The summed E-state index contributed by atoms with van der Waals surface area (Å²) < 4.78 is 10.8. The summed E-state index contributed by atoms with van der Waals surface area (Å²) in [4.78, 5) is 16.4. The first-order valence-electron chi connectivity index (χ1n) is 8.11. The minimum atomic E-state index is -0.571. The summed E-state index contributed by atoms with van der Waals surface area (Å²) in [6.45, 7) is 2.37. The van der Waals surface area contributed by atoms with Crippen LogP contribution in [0.25, 0.3) is 10.8 Å². The second kappa shape index (κ2) is 7.21. The fourth-order valence-corrected chi connectivity index (χ4v) is 2.85. The minimum Gasteiger partial charge on any atom is -0.486 e. The van der Waals surface area contributed by atoms with Crippen molar-refractivity contribution in [3.8, 4) is 5.75 Å². The zero-order chi connectivity index (χ0) is 17.8. The molecule has 0 aliphatic carbocycles. The van der Waals surface area contributed by atoms with Gasteiger partial charge in [-0.3, -0.25) is 0 Å². The molecule has 3 rings (SSSR count). The molecule has 5 nitrogen and oxygen atoms in total. The van der Waals surface area contributed by atoms with Crippen molar-refractivity contribution in [3.05, 3.63) is 65.4 Å². The van der Waals surface area contributed by atoms with Gasteiger partial charge in [-0.05, 0) is 17.5 Å². The summed E-state index contributed by atoms with van der Waals surface area (Å²) in [7, 11) is 1.31. The highest BCUT2D eigenvalue weighted by Crippen LogP contribution is 2.35. The normalized spacial score (nSPS) is 10.6. The first-order chi connectivity index (χ1) is 12.2. The molecule has 0 aliphatic heterocycles. The Hall–Kier alpha value is -3.08. The number of anilines is 1. The second-order valence-electron chi connectivity index (χ2n) is 5.63. The second-order valence-corrected chi connectivity index (χ2v) is 5.63. The summed E-state index contributed by atoms with van der Waals surface area (Å²) >= 11 is 0. The molecule has 0 amide bonds. The number of esters is 1. The number of aryl methyl sites for hydroxylation is 1. The summed E-state index contributed by atoms with van der Waals surface area (Å²) in [6, 6.07) is 15.6. The van der Waals surface area contributed by atoms with E-state index in [1.165, 1.54) is 7.11 Å². The van der Waals surface area contributed by atoms with E-state index in [1.807, 2.05) is 55.5 Å². The van der Waals surface area contributed by atoms with E-state index in [4.69, 9.17) is 15.2 Å². The monoisotopic (exact) mass is 336 g/mol. The molecule has 1 heterocycles. The standard InChI is InChI=1S/C20H20N2O3/c1-3-14-10-7-11-15-16(14)19(21)22-17(20(23)24-2)18(15)25-12-13-8-5-4-6-9-13/h4-11H,3,12H2,1-2H3,(H2,21,22). The van der Waals surface area contributed by atoms with Crippen molar-refractivity contribution >= 4 is 22.6 Å². The lowest BCUT2D eigenvalue weighted by molar-refractivity contribution is 0.0589. The van der Waals surface area contributed by atoms with Gasteiger partial charge in [0.1, 0.15) is 12.4 Å². The lowest BCUT2D eigenvalue weighted by Gasteiger charge is -2.16. The third kappa shape index (κ3) is 3.26. The number of carbonyl (C=O) groups is 1. The van der Waals surface area contributed by atoms with Crippen molar-refractivity contribution in [2.75, 3.05) is 12.8 Å². The molecule has 0 unspecified atom stereocenters. The maximum Gasteiger partial charge on any atom is 0.360 e. The molecule has 0 saturated heterocycles. The number of nitrogens with zero attached hydrogens (tertiary/aromatic N) is 1. The molecule has 0 bridgehead atoms. The number of pyridine rings is 1. The Kier molecular flexibility index (Phi) is 4.84. The smallest absolute Gasteiger partial charge is 0.360 e. The van der Waals surface area contributed by atoms with Gasteiger partial charge in [-0.1, -0.05) is 55.5 Å². The molecule has 0 spiro atoms. The van der Waals surface area contributed by atoms with Gasteiger partial charge in [0, 0.05) is 10.8 Å². The van der Waals surface area contributed by atoms with Gasteiger partial charge in [-0.25, -0.2) is 9.78 Å². The lowest BCUT2D eigenvalue weighted by Crippen LogP contribution is -2.11. The van der Waals surface area contributed by atoms with Crippen LogP contribution in [0.15, 0.2) is 48.5 Å². The van der Waals surface area contributed by atoms with Gasteiger partial charge in [0.25, 0.3) is 0 Å². The molecule has 0 fully saturated rings. The van der Waals surface area contributed by atoms with Crippen LogP contribution < -0.4 is 10.5 Å². The van der Waals surface area contributed by atoms with Crippen molar-refractivity contribution in [1.82, 2.24) is 4.98 Å². The molecule has 128 valence electrons. The van der Waals surface area contributed by atoms with E-state index in [1.54, 1.807) is 0 Å². The minimum absolute atomic E-state index is 0.0942. The van der Waals surface area contributed by atoms with E-state index in [0.717, 1.165) is 28.3 Å². The van der Waals surface area contributed by atoms with E-state index in [0.29, 0.717) is 18.2 Å². The molecule has 2 N–H and O–H groups in total. The van der Waals surface area contributed by atoms with Crippen LogP contribution in [0.1, 0.15) is 28.5 Å². The Balaban J connectivity index is 2.15. The van der Waals surface area contributed by atoms with E-state index in [9.17, 15) is 4.79 Å². The van der Waals surface area contributed by atoms with Gasteiger partial charge in [0.05, 0.1) is 7.11 Å². The topological polar surface area (TPSA) is 74.4 Å². The number of fused-ring (bicyclic) bond motifs is 1. The number of ether oxygens (including phenoxy) is 2. The molecule has 0 radical (unpaired) electrons. The van der Waals surface area contributed by atoms with Crippen LogP contribution in [0.5, 0.6) is 5.75 Å². The van der Waals surface area contributed by atoms with Gasteiger partial charge < -0.3 is 15.2 Å². The quantitative estimate of drug-likeness (QED) is 0.718. The van der Waals surface area contributed by atoms with Gasteiger partial charge in [0.15, 0.2) is 11.4 Å². The van der Waals surface area contributed by atoms with Gasteiger partial charge >= 0.3 is 5.97 Å². The molecular formula is C20H20N2O3. The Morgan fingerprint density at radius 2 is 1.88 bits per heavy atom. The van der Waals surface area contributed by atoms with Crippen LogP contribution in [0.3, 0.4) is 0 Å². The summed E-state index contributed by atoms with van der Waals surface area (Å²) in [5.74, 6) is 0.133. The molecule has 0 aliphatic rings. The predicted octanol–water partition coefficient (Wildman–Crippen LogP) is 3.75. The van der Waals surface area contributed by atoms with Crippen LogP contribution in [0.4, 0.5) is 5.82 Å². The van der Waals surface area contributed by atoms with Crippen molar-refractivity contribution in [2.45, 2.75) is 20.0 Å². The molecule has 2 aromatic carbocycles. The average molecular weight is 336 g/mol. The zero-order valence-electron chi connectivity index (χ0n) is 14.3. The predicted molar refractivity (Wildman–Crippen MR) is 97.6 cm³/mol. The van der Waals surface area contributed by atoms with Gasteiger partial charge in [-0.2, -0.15) is 0 Å². The number of benzene rings is 2. The van der Waals surface area contributed by atoms with E-state index in [-0.39, 0.29) is 5.69 Å². The molecular weight excluding hydrogens is 316 g/mol. The fraction of sp³-hybridized carbons (Fsp3) is 0.200. The summed E-state index contributed by atoms with van der Waals surface area (Å²) in [5, 5.41) is 1.59. The van der Waals surface area contributed by atoms with E-state index >= 15 is 0 Å². The molecule has 1 aromatic heterocycles. The largest absolute Gasteiger partial charge is 0.486 e. The Morgan fingerprint density at radius 3 is 2.56 bits per heavy atom. The first-order valence-corrected chi connectivity index (χ1v) is 8.11. The highest BCUT2D eigenvalue weighted by molar-refractivity contribution is 6.04. The number of methoxy groups -OCH3 is 1. The number of aromatic nitrogens is 1. The number of rotatable bonds is 5. The Labute approximate surface area is 146 Å². The first kappa shape index (κ1) is 16.8. The van der Waals surface area contributed by atoms with Crippen LogP contribution >= 0.6 is 0 Å². The highest BCUT2D eigenvalue weighted by atomic mass is 16.5. The molecule has 5 heteroatoms. The van der Waals surface area contributed by atoms with Crippen LogP contribution in [-0.4, -0.2) is 18.1 Å². The number of hydrogen-bond donors (Lipinski definition) is 1. The number of carbonyl (C=O) groups excluding carboxylic acids is 1. The Morgan fingerprint density at radius 1 is 1.12 bits per heavy atom. The molecule has 0 atom stereocenters. The van der Waals surface area contributed by atoms with Crippen LogP contribution in [-0.2, 0) is 17.8 Å². The SMILES string of the molecule is CCc1cccc2c(OCc3ccccc3)c(C(=O)OC)nc(N)c12. The Bertz CT molecular complexity index is 908. The van der Waals surface area contributed by atoms with Crippen LogP contribution in [0.2, 0.25) is 0 Å². The maximum absolute atomic E-state index is 12.2. The maximum atomic E-state index is 12.2. The lowest BCUT2D eigenvalue weighted by atomic mass is 10.0. The number of nitrogen functional groups attached to an aromatic ring is 1. The summed E-state index contributed by atoms with van der Waals surface area (Å²) in [6.07, 6.45) is 0.804. The average Bonchev–Trinajstić information content (AvgIpc) is 2.66. The van der Waals surface area contributed by atoms with Crippen LogP contribution in [0, 0.1) is 0 Å². The number of hydrogen-bond acceptors (Lipinski definition) is 5. The molecule has 0 saturated carbocycles. The molecule has 25 heavy (non-hydrogen) atoms.